The SMILES string of the molecule is O=C(O)COC(=O)CNC(=O)c1ccccc1-c1cccs1. The molecule has 2 rings (SSSR count). The Kier molecular flexibility index (Phi) is 5.26. The molecule has 2 aromatic rings. The van der Waals surface area contributed by atoms with Crippen molar-refractivity contribution in [2.45, 2.75) is 0 Å². The third-order valence-corrected chi connectivity index (χ3v) is 3.61. The highest BCUT2D eigenvalue weighted by atomic mass is 32.1. The predicted molar refractivity (Wildman–Crippen MR) is 80.7 cm³/mol. The molecule has 2 N–H and O–H groups in total. The number of carbonyl (C=O) groups is 3. The normalized spacial score (nSPS) is 10.0. The molecule has 1 aromatic heterocycles. The monoisotopic (exact) mass is 319 g/mol. The van der Waals surface area contributed by atoms with Crippen LogP contribution in [0.2, 0.25) is 0 Å². The highest BCUT2D eigenvalue weighted by Crippen LogP contribution is 2.27. The Hall–Kier alpha value is -2.67. The molecule has 7 heteroatoms. The predicted octanol–water partition coefficient (Wildman–Crippen LogP) is 1.77. The third-order valence-electron chi connectivity index (χ3n) is 2.71. The number of hydrogen-bond donors (Lipinski definition) is 2. The summed E-state index contributed by atoms with van der Waals surface area (Å²) < 4.78 is 4.44. The van der Waals surface area contributed by atoms with Crippen molar-refractivity contribution in [2.75, 3.05) is 13.2 Å². The summed E-state index contributed by atoms with van der Waals surface area (Å²) in [5.41, 5.74) is 1.21. The second kappa shape index (κ2) is 7.37. The second-order valence-corrected chi connectivity index (χ2v) is 5.21. The van der Waals surface area contributed by atoms with Gasteiger partial charge in [0, 0.05) is 16.0 Å². The van der Waals surface area contributed by atoms with E-state index >= 15 is 0 Å². The van der Waals surface area contributed by atoms with Crippen molar-refractivity contribution >= 4 is 29.2 Å². The Morgan fingerprint density at radius 2 is 1.91 bits per heavy atom. The fourth-order valence-corrected chi connectivity index (χ4v) is 2.53. The van der Waals surface area contributed by atoms with E-state index in [-0.39, 0.29) is 6.54 Å². The minimum absolute atomic E-state index is 0.384. The maximum Gasteiger partial charge on any atom is 0.341 e. The lowest BCUT2D eigenvalue weighted by atomic mass is 10.1. The van der Waals surface area contributed by atoms with E-state index in [1.807, 2.05) is 29.6 Å². The lowest BCUT2D eigenvalue weighted by Crippen LogP contribution is -2.31. The fourth-order valence-electron chi connectivity index (χ4n) is 1.77. The Morgan fingerprint density at radius 3 is 2.59 bits per heavy atom. The van der Waals surface area contributed by atoms with Crippen LogP contribution >= 0.6 is 11.3 Å². The van der Waals surface area contributed by atoms with Crippen molar-refractivity contribution in [3.05, 3.63) is 47.3 Å². The molecule has 0 fully saturated rings. The first-order valence-electron chi connectivity index (χ1n) is 6.36. The van der Waals surface area contributed by atoms with Gasteiger partial charge in [-0.3, -0.25) is 9.59 Å². The topological polar surface area (TPSA) is 92.7 Å². The summed E-state index contributed by atoms with van der Waals surface area (Å²) in [7, 11) is 0. The molecule has 1 aromatic carbocycles. The average molecular weight is 319 g/mol. The molecule has 0 aliphatic heterocycles. The van der Waals surface area contributed by atoms with Gasteiger partial charge in [-0.25, -0.2) is 4.79 Å². The molecule has 1 amide bonds. The van der Waals surface area contributed by atoms with E-state index in [0.29, 0.717) is 5.56 Å². The zero-order valence-electron chi connectivity index (χ0n) is 11.4. The molecule has 0 saturated carbocycles. The Labute approximate surface area is 130 Å². The summed E-state index contributed by atoms with van der Waals surface area (Å²) >= 11 is 1.51. The average Bonchev–Trinajstić information content (AvgIpc) is 3.04. The minimum atomic E-state index is -1.25. The first-order valence-corrected chi connectivity index (χ1v) is 7.24. The summed E-state index contributed by atoms with van der Waals surface area (Å²) in [6.07, 6.45) is 0. The van der Waals surface area contributed by atoms with Crippen LogP contribution in [-0.2, 0) is 14.3 Å². The molecule has 114 valence electrons. The van der Waals surface area contributed by atoms with Crippen LogP contribution in [0.3, 0.4) is 0 Å². The lowest BCUT2D eigenvalue weighted by molar-refractivity contribution is -0.154. The summed E-state index contributed by atoms with van der Waals surface area (Å²) in [6, 6.07) is 10.8. The van der Waals surface area contributed by atoms with E-state index < -0.39 is 24.5 Å². The molecule has 1 heterocycles. The van der Waals surface area contributed by atoms with Gasteiger partial charge in [-0.05, 0) is 17.5 Å². The molecule has 0 radical (unpaired) electrons. The maximum absolute atomic E-state index is 12.2. The highest BCUT2D eigenvalue weighted by Gasteiger charge is 2.14. The Bertz CT molecular complexity index is 681. The van der Waals surface area contributed by atoms with Crippen LogP contribution in [0.5, 0.6) is 0 Å². The molecule has 0 saturated heterocycles. The van der Waals surface area contributed by atoms with Crippen LogP contribution in [0.15, 0.2) is 41.8 Å². The van der Waals surface area contributed by atoms with Gasteiger partial charge in [-0.2, -0.15) is 0 Å². The second-order valence-electron chi connectivity index (χ2n) is 4.26. The number of carboxylic acids is 1. The first-order chi connectivity index (χ1) is 10.6. The number of benzene rings is 1. The lowest BCUT2D eigenvalue weighted by Gasteiger charge is -2.08. The summed E-state index contributed by atoms with van der Waals surface area (Å²) in [4.78, 5) is 34.7. The van der Waals surface area contributed by atoms with Crippen LogP contribution in [-0.4, -0.2) is 36.1 Å². The van der Waals surface area contributed by atoms with E-state index in [0.717, 1.165) is 10.4 Å². The van der Waals surface area contributed by atoms with E-state index in [2.05, 4.69) is 10.1 Å². The van der Waals surface area contributed by atoms with Gasteiger partial charge in [0.1, 0.15) is 6.54 Å². The van der Waals surface area contributed by atoms with E-state index in [1.54, 1.807) is 12.1 Å². The summed E-state index contributed by atoms with van der Waals surface area (Å²) in [6.45, 7) is -1.11. The third kappa shape index (κ3) is 4.16. The molecule has 0 aliphatic rings. The molecule has 0 atom stereocenters. The van der Waals surface area contributed by atoms with Crippen molar-refractivity contribution < 1.29 is 24.2 Å². The number of thiophene rings is 1. The number of nitrogens with one attached hydrogen (secondary N) is 1. The standard InChI is InChI=1S/C15H13NO5S/c17-13(18)9-21-14(19)8-16-15(20)11-5-2-1-4-10(11)12-6-3-7-22-12/h1-7H,8-9H2,(H,16,20)(H,17,18). The maximum atomic E-state index is 12.2. The number of aliphatic carboxylic acids is 1. The number of ether oxygens (including phenoxy) is 1. The molecule has 0 unspecified atom stereocenters. The molecule has 0 spiro atoms. The number of amides is 1. The minimum Gasteiger partial charge on any atom is -0.479 e. The highest BCUT2D eigenvalue weighted by molar-refractivity contribution is 7.13. The molecule has 6 nitrogen and oxygen atoms in total. The number of esters is 1. The van der Waals surface area contributed by atoms with Crippen LogP contribution in [0.1, 0.15) is 10.4 Å². The molecule has 22 heavy (non-hydrogen) atoms. The van der Waals surface area contributed by atoms with Crippen LogP contribution < -0.4 is 5.32 Å². The summed E-state index contributed by atoms with van der Waals surface area (Å²) in [5, 5.41) is 12.7. The molecule has 0 aliphatic carbocycles. The fraction of sp³-hybridized carbons (Fsp3) is 0.133. The van der Waals surface area contributed by atoms with Gasteiger partial charge >= 0.3 is 11.9 Å². The Morgan fingerprint density at radius 1 is 1.14 bits per heavy atom. The van der Waals surface area contributed by atoms with Crippen LogP contribution in [0.25, 0.3) is 10.4 Å². The number of rotatable bonds is 6. The summed E-state index contributed by atoms with van der Waals surface area (Å²) in [5.74, 6) is -2.47. The van der Waals surface area contributed by atoms with Crippen molar-refractivity contribution in [1.29, 1.82) is 0 Å². The van der Waals surface area contributed by atoms with Crippen molar-refractivity contribution in [1.82, 2.24) is 5.32 Å². The van der Waals surface area contributed by atoms with Gasteiger partial charge in [0.15, 0.2) is 6.61 Å². The number of hydrogen-bond acceptors (Lipinski definition) is 5. The molecular formula is C15H13NO5S. The van der Waals surface area contributed by atoms with Gasteiger partial charge in [-0.15, -0.1) is 11.3 Å². The van der Waals surface area contributed by atoms with E-state index in [4.69, 9.17) is 5.11 Å². The Balaban J connectivity index is 2.02. The van der Waals surface area contributed by atoms with Crippen molar-refractivity contribution in [3.63, 3.8) is 0 Å². The van der Waals surface area contributed by atoms with Crippen LogP contribution in [0.4, 0.5) is 0 Å². The van der Waals surface area contributed by atoms with Crippen molar-refractivity contribution in [3.8, 4) is 10.4 Å². The van der Waals surface area contributed by atoms with Gasteiger partial charge in [0.2, 0.25) is 0 Å². The van der Waals surface area contributed by atoms with Gasteiger partial charge in [0.25, 0.3) is 5.91 Å². The van der Waals surface area contributed by atoms with Gasteiger partial charge < -0.3 is 15.2 Å². The van der Waals surface area contributed by atoms with Gasteiger partial charge in [-0.1, -0.05) is 24.3 Å². The van der Waals surface area contributed by atoms with Crippen LogP contribution in [0, 0.1) is 0 Å². The number of carbonyl (C=O) groups excluding carboxylic acids is 2. The zero-order valence-corrected chi connectivity index (χ0v) is 12.3. The largest absolute Gasteiger partial charge is 0.479 e. The quantitative estimate of drug-likeness (QED) is 0.792. The smallest absolute Gasteiger partial charge is 0.341 e. The molecule has 0 bridgehead atoms. The van der Waals surface area contributed by atoms with E-state index in [9.17, 15) is 14.4 Å². The van der Waals surface area contributed by atoms with E-state index in [1.165, 1.54) is 11.3 Å². The number of carboxylic acid groups (broad SMARTS) is 1. The van der Waals surface area contributed by atoms with Gasteiger partial charge in [0.05, 0.1) is 0 Å². The zero-order chi connectivity index (χ0) is 15.9. The molecular weight excluding hydrogens is 306 g/mol. The first kappa shape index (κ1) is 15.7. The van der Waals surface area contributed by atoms with Crippen molar-refractivity contribution in [2.24, 2.45) is 0 Å².